The summed E-state index contributed by atoms with van der Waals surface area (Å²) in [7, 11) is 2.59. The molecule has 5 nitrogen and oxygen atoms in total. The van der Waals surface area contributed by atoms with Gasteiger partial charge in [0, 0.05) is 18.2 Å². The Morgan fingerprint density at radius 1 is 1.12 bits per heavy atom. The number of carbonyl (C=O) groups excluding carboxylic acids is 1. The van der Waals surface area contributed by atoms with E-state index in [1.54, 1.807) is 0 Å². The second kappa shape index (κ2) is 6.45. The van der Waals surface area contributed by atoms with Gasteiger partial charge in [0.15, 0.2) is 18.4 Å². The second-order valence-electron chi connectivity index (χ2n) is 5.10. The molecule has 0 N–H and O–H groups in total. The van der Waals surface area contributed by atoms with Crippen LogP contribution in [0, 0.1) is 11.6 Å². The van der Waals surface area contributed by atoms with Crippen molar-refractivity contribution in [1.82, 2.24) is 0 Å². The zero-order valence-corrected chi connectivity index (χ0v) is 13.0. The molecular formula is C17H14F2O5. The number of rotatable bonds is 4. The summed E-state index contributed by atoms with van der Waals surface area (Å²) in [4.78, 5) is 11.6. The van der Waals surface area contributed by atoms with E-state index in [-0.39, 0.29) is 24.7 Å². The topological polar surface area (TPSA) is 54.0 Å². The summed E-state index contributed by atoms with van der Waals surface area (Å²) in [6.07, 6.45) is 0. The molecule has 1 aliphatic rings. The molecule has 0 fully saturated rings. The van der Waals surface area contributed by atoms with Crippen LogP contribution in [0.5, 0.6) is 11.5 Å². The number of halogens is 2. The van der Waals surface area contributed by atoms with Crippen LogP contribution >= 0.6 is 0 Å². The SMILES string of the molecule is COCOc1cc2c(cc1F)COc1cc(C(=O)OC)c(F)cc1-2. The summed E-state index contributed by atoms with van der Waals surface area (Å²) >= 11 is 0. The highest BCUT2D eigenvalue weighted by Crippen LogP contribution is 2.41. The highest BCUT2D eigenvalue weighted by atomic mass is 19.1. The zero-order valence-electron chi connectivity index (χ0n) is 13.0. The van der Waals surface area contributed by atoms with Gasteiger partial charge in [0.25, 0.3) is 0 Å². The standard InChI is InChI=1S/C17H14F2O5/c1-21-8-24-16-5-10-9(3-14(16)19)7-23-15-6-12(17(20)22-2)13(18)4-11(10)15/h3-6H,7-8H2,1-2H3. The maximum absolute atomic E-state index is 14.2. The Hall–Kier alpha value is -2.67. The average Bonchev–Trinajstić information content (AvgIpc) is 2.58. The van der Waals surface area contributed by atoms with Crippen molar-refractivity contribution in [2.45, 2.75) is 6.61 Å². The van der Waals surface area contributed by atoms with E-state index < -0.39 is 17.6 Å². The summed E-state index contributed by atoms with van der Waals surface area (Å²) in [5.41, 5.74) is 1.30. The molecule has 0 aromatic heterocycles. The van der Waals surface area contributed by atoms with Crippen LogP contribution in [0.25, 0.3) is 11.1 Å². The first-order valence-electron chi connectivity index (χ1n) is 7.04. The fourth-order valence-corrected chi connectivity index (χ4v) is 2.50. The molecule has 2 aromatic carbocycles. The van der Waals surface area contributed by atoms with Gasteiger partial charge in [-0.25, -0.2) is 13.6 Å². The molecule has 2 aromatic rings. The Bertz CT molecular complexity index is 804. The normalized spacial score (nSPS) is 12.0. The lowest BCUT2D eigenvalue weighted by Gasteiger charge is -2.22. The molecule has 0 saturated carbocycles. The quantitative estimate of drug-likeness (QED) is 0.633. The third-order valence-corrected chi connectivity index (χ3v) is 3.64. The van der Waals surface area contributed by atoms with E-state index >= 15 is 0 Å². The minimum atomic E-state index is -0.798. The maximum Gasteiger partial charge on any atom is 0.340 e. The highest BCUT2D eigenvalue weighted by molar-refractivity contribution is 5.92. The third kappa shape index (κ3) is 2.78. The van der Waals surface area contributed by atoms with Gasteiger partial charge in [-0.3, -0.25) is 0 Å². The van der Waals surface area contributed by atoms with Gasteiger partial charge in [0.1, 0.15) is 18.2 Å². The minimum Gasteiger partial charge on any atom is -0.488 e. The molecular weight excluding hydrogens is 322 g/mol. The number of carbonyl (C=O) groups is 1. The van der Waals surface area contributed by atoms with Crippen molar-refractivity contribution < 1.29 is 32.5 Å². The average molecular weight is 336 g/mol. The Kier molecular flexibility index (Phi) is 4.35. The Morgan fingerprint density at radius 3 is 2.62 bits per heavy atom. The van der Waals surface area contributed by atoms with Crippen molar-refractivity contribution in [1.29, 1.82) is 0 Å². The molecule has 0 amide bonds. The molecule has 0 radical (unpaired) electrons. The van der Waals surface area contributed by atoms with Crippen LogP contribution in [-0.2, 0) is 16.1 Å². The maximum atomic E-state index is 14.2. The largest absolute Gasteiger partial charge is 0.488 e. The number of hydrogen-bond acceptors (Lipinski definition) is 5. The summed E-state index contributed by atoms with van der Waals surface area (Å²) in [6, 6.07) is 5.17. The molecule has 1 aliphatic heterocycles. The second-order valence-corrected chi connectivity index (χ2v) is 5.10. The van der Waals surface area contributed by atoms with Crippen LogP contribution in [0.1, 0.15) is 15.9 Å². The van der Waals surface area contributed by atoms with Crippen LogP contribution in [0.4, 0.5) is 8.78 Å². The lowest BCUT2D eigenvalue weighted by Crippen LogP contribution is -2.11. The summed E-state index contributed by atoms with van der Waals surface area (Å²) in [5, 5.41) is 0. The summed E-state index contributed by atoms with van der Waals surface area (Å²) < 4.78 is 48.2. The van der Waals surface area contributed by atoms with E-state index in [4.69, 9.17) is 14.2 Å². The molecule has 24 heavy (non-hydrogen) atoms. The molecule has 3 rings (SSSR count). The van der Waals surface area contributed by atoms with Gasteiger partial charge in [-0.15, -0.1) is 0 Å². The number of esters is 1. The van der Waals surface area contributed by atoms with Crippen LogP contribution in [0.2, 0.25) is 0 Å². The number of hydrogen-bond donors (Lipinski definition) is 0. The van der Waals surface area contributed by atoms with Crippen LogP contribution in [0.3, 0.4) is 0 Å². The number of ether oxygens (including phenoxy) is 4. The van der Waals surface area contributed by atoms with Gasteiger partial charge < -0.3 is 18.9 Å². The molecule has 7 heteroatoms. The fourth-order valence-electron chi connectivity index (χ4n) is 2.50. The molecule has 0 atom stereocenters. The first kappa shape index (κ1) is 16.2. The Balaban J connectivity index is 2.10. The van der Waals surface area contributed by atoms with E-state index in [1.165, 1.54) is 32.4 Å². The van der Waals surface area contributed by atoms with Crippen molar-refractivity contribution in [3.8, 4) is 22.6 Å². The van der Waals surface area contributed by atoms with E-state index in [0.717, 1.165) is 6.07 Å². The first-order chi connectivity index (χ1) is 11.5. The smallest absolute Gasteiger partial charge is 0.340 e. The van der Waals surface area contributed by atoms with Gasteiger partial charge >= 0.3 is 5.97 Å². The van der Waals surface area contributed by atoms with Crippen molar-refractivity contribution in [3.05, 3.63) is 47.0 Å². The number of fused-ring (bicyclic) bond motifs is 3. The van der Waals surface area contributed by atoms with E-state index in [2.05, 4.69) is 4.74 Å². The lowest BCUT2D eigenvalue weighted by atomic mass is 9.95. The van der Waals surface area contributed by atoms with E-state index in [0.29, 0.717) is 22.4 Å². The van der Waals surface area contributed by atoms with Gasteiger partial charge in [-0.1, -0.05) is 0 Å². The van der Waals surface area contributed by atoms with Crippen molar-refractivity contribution in [2.75, 3.05) is 21.0 Å². The van der Waals surface area contributed by atoms with E-state index in [9.17, 15) is 13.6 Å². The van der Waals surface area contributed by atoms with Crippen molar-refractivity contribution in [2.24, 2.45) is 0 Å². The van der Waals surface area contributed by atoms with Gasteiger partial charge in [0.2, 0.25) is 0 Å². The Labute approximate surface area is 136 Å². The predicted octanol–water partition coefficient (Wildman–Crippen LogP) is 3.29. The minimum absolute atomic E-state index is 0.0131. The highest BCUT2D eigenvalue weighted by Gasteiger charge is 2.24. The van der Waals surface area contributed by atoms with Crippen LogP contribution < -0.4 is 9.47 Å². The van der Waals surface area contributed by atoms with Gasteiger partial charge in [-0.05, 0) is 29.8 Å². The predicted molar refractivity (Wildman–Crippen MR) is 80.0 cm³/mol. The molecule has 1 heterocycles. The molecule has 126 valence electrons. The number of methoxy groups -OCH3 is 2. The molecule has 0 bridgehead atoms. The van der Waals surface area contributed by atoms with E-state index in [1.807, 2.05) is 0 Å². The third-order valence-electron chi connectivity index (χ3n) is 3.64. The molecule has 0 spiro atoms. The van der Waals surface area contributed by atoms with Crippen LogP contribution in [-0.4, -0.2) is 27.0 Å². The molecule has 0 saturated heterocycles. The van der Waals surface area contributed by atoms with Crippen molar-refractivity contribution >= 4 is 5.97 Å². The van der Waals surface area contributed by atoms with Gasteiger partial charge in [0.05, 0.1) is 12.7 Å². The van der Waals surface area contributed by atoms with Gasteiger partial charge in [-0.2, -0.15) is 0 Å². The molecule has 0 aliphatic carbocycles. The lowest BCUT2D eigenvalue weighted by molar-refractivity contribution is 0.0482. The number of benzene rings is 2. The monoisotopic (exact) mass is 336 g/mol. The van der Waals surface area contributed by atoms with Crippen molar-refractivity contribution in [3.63, 3.8) is 0 Å². The first-order valence-corrected chi connectivity index (χ1v) is 7.04. The van der Waals surface area contributed by atoms with Crippen LogP contribution in [0.15, 0.2) is 24.3 Å². The Morgan fingerprint density at radius 2 is 1.92 bits per heavy atom. The molecule has 0 unspecified atom stereocenters. The zero-order chi connectivity index (χ0) is 17.3. The fraction of sp³-hybridized carbons (Fsp3) is 0.235. The summed E-state index contributed by atoms with van der Waals surface area (Å²) in [6.45, 7) is -0.0231. The summed E-state index contributed by atoms with van der Waals surface area (Å²) in [5.74, 6) is -1.81.